The Balaban J connectivity index is 1.56. The van der Waals surface area contributed by atoms with Crippen LogP contribution in [0.25, 0.3) is 0 Å². The summed E-state index contributed by atoms with van der Waals surface area (Å²) in [6, 6.07) is 9.41. The Morgan fingerprint density at radius 3 is 2.50 bits per heavy atom. The zero-order chi connectivity index (χ0) is 17.3. The molecular formula is C19H24N2O3. The molecule has 2 aromatic rings. The van der Waals surface area contributed by atoms with Gasteiger partial charge in [0.15, 0.2) is 0 Å². The van der Waals surface area contributed by atoms with Crippen molar-refractivity contribution in [2.75, 3.05) is 20.2 Å². The van der Waals surface area contributed by atoms with Crippen molar-refractivity contribution < 1.29 is 14.3 Å². The molecule has 1 aliphatic rings. The number of ether oxygens (including phenoxy) is 2. The van der Waals surface area contributed by atoms with Crippen LogP contribution in [-0.2, 0) is 5.54 Å². The minimum absolute atomic E-state index is 0.0223. The van der Waals surface area contributed by atoms with Crippen LogP contribution < -0.4 is 9.47 Å². The van der Waals surface area contributed by atoms with E-state index >= 15 is 0 Å². The van der Waals surface area contributed by atoms with Crippen molar-refractivity contribution in [3.8, 4) is 11.5 Å². The predicted molar refractivity (Wildman–Crippen MR) is 92.7 cm³/mol. The third-order valence-electron chi connectivity index (χ3n) is 4.19. The molecule has 5 heteroatoms. The van der Waals surface area contributed by atoms with Gasteiger partial charge in [0.2, 0.25) is 0 Å². The lowest BCUT2D eigenvalue weighted by Gasteiger charge is -2.38. The lowest BCUT2D eigenvalue weighted by molar-refractivity contribution is 0.0177. The third-order valence-corrected chi connectivity index (χ3v) is 4.19. The molecule has 0 spiro atoms. The van der Waals surface area contributed by atoms with Gasteiger partial charge in [0, 0.05) is 24.0 Å². The van der Waals surface area contributed by atoms with E-state index in [-0.39, 0.29) is 17.6 Å². The van der Waals surface area contributed by atoms with E-state index in [2.05, 4.69) is 25.3 Å². The average molecular weight is 328 g/mol. The Hall–Kier alpha value is -2.43. The minimum atomic E-state index is -0.0223. The predicted octanol–water partition coefficient (Wildman–Crippen LogP) is 3.16. The number of carbonyl (C=O) groups is 1. The first-order chi connectivity index (χ1) is 11.4. The van der Waals surface area contributed by atoms with Crippen molar-refractivity contribution >= 4 is 5.91 Å². The highest BCUT2D eigenvalue weighted by molar-refractivity contribution is 5.94. The van der Waals surface area contributed by atoms with Crippen LogP contribution in [-0.4, -0.2) is 41.7 Å². The van der Waals surface area contributed by atoms with Gasteiger partial charge in [-0.2, -0.15) is 0 Å². The smallest absolute Gasteiger partial charge is 0.255 e. The lowest BCUT2D eigenvalue weighted by atomic mass is 10.1. The van der Waals surface area contributed by atoms with Crippen LogP contribution in [0.3, 0.4) is 0 Å². The molecule has 1 aromatic heterocycles. The van der Waals surface area contributed by atoms with Crippen LogP contribution in [0.1, 0.15) is 31.1 Å². The van der Waals surface area contributed by atoms with Crippen molar-refractivity contribution in [2.45, 2.75) is 32.4 Å². The molecule has 0 bridgehead atoms. The Morgan fingerprint density at radius 1 is 1.17 bits per heavy atom. The van der Waals surface area contributed by atoms with Crippen molar-refractivity contribution in [3.63, 3.8) is 0 Å². The summed E-state index contributed by atoms with van der Waals surface area (Å²) in [5.74, 6) is 1.59. The van der Waals surface area contributed by atoms with E-state index in [9.17, 15) is 4.79 Å². The van der Waals surface area contributed by atoms with Crippen molar-refractivity contribution in [3.05, 3.63) is 48.3 Å². The topological polar surface area (TPSA) is 43.7 Å². The van der Waals surface area contributed by atoms with Gasteiger partial charge in [-0.15, -0.1) is 0 Å². The van der Waals surface area contributed by atoms with Crippen LogP contribution >= 0.6 is 0 Å². The second-order valence-corrected chi connectivity index (χ2v) is 7.11. The Labute approximate surface area is 142 Å². The van der Waals surface area contributed by atoms with Gasteiger partial charge in [0.1, 0.15) is 17.6 Å². The van der Waals surface area contributed by atoms with Crippen molar-refractivity contribution in [2.24, 2.45) is 0 Å². The molecule has 24 heavy (non-hydrogen) atoms. The number of methoxy groups -OCH3 is 1. The number of hydrogen-bond acceptors (Lipinski definition) is 3. The van der Waals surface area contributed by atoms with Crippen molar-refractivity contribution in [1.82, 2.24) is 9.47 Å². The fourth-order valence-corrected chi connectivity index (χ4v) is 2.67. The molecule has 0 N–H and O–H groups in total. The van der Waals surface area contributed by atoms with E-state index in [4.69, 9.17) is 9.47 Å². The Kier molecular flexibility index (Phi) is 4.26. The molecule has 0 unspecified atom stereocenters. The fourth-order valence-electron chi connectivity index (χ4n) is 2.67. The van der Waals surface area contributed by atoms with Crippen LogP contribution in [0.5, 0.6) is 11.5 Å². The maximum absolute atomic E-state index is 12.5. The summed E-state index contributed by atoms with van der Waals surface area (Å²) in [5.41, 5.74) is 0.704. The monoisotopic (exact) mass is 328 g/mol. The highest BCUT2D eigenvalue weighted by Crippen LogP contribution is 2.24. The van der Waals surface area contributed by atoms with E-state index < -0.39 is 0 Å². The summed E-state index contributed by atoms with van der Waals surface area (Å²) in [6.45, 7) is 7.56. The largest absolute Gasteiger partial charge is 0.497 e. The van der Waals surface area contributed by atoms with E-state index in [0.717, 1.165) is 17.1 Å². The average Bonchev–Trinajstić information content (AvgIpc) is 3.00. The molecule has 5 nitrogen and oxygen atoms in total. The van der Waals surface area contributed by atoms with Crippen LogP contribution in [0, 0.1) is 0 Å². The molecule has 0 radical (unpaired) electrons. The van der Waals surface area contributed by atoms with E-state index in [0.29, 0.717) is 13.1 Å². The first-order valence-electron chi connectivity index (χ1n) is 8.15. The Morgan fingerprint density at radius 2 is 1.88 bits per heavy atom. The number of carbonyl (C=O) groups excluding carboxylic acids is 1. The molecule has 128 valence electrons. The maximum Gasteiger partial charge on any atom is 0.255 e. The number of amides is 1. The van der Waals surface area contributed by atoms with Crippen LogP contribution in [0.2, 0.25) is 0 Å². The van der Waals surface area contributed by atoms with Gasteiger partial charge < -0.3 is 18.9 Å². The standard InChI is InChI=1S/C19H24N2O3/c1-19(2,3)21-9-8-14(11-21)18(22)20-12-17(13-20)24-16-7-5-6-15(10-16)23-4/h5-11,17H,12-13H2,1-4H3. The molecule has 1 aliphatic heterocycles. The molecule has 1 fully saturated rings. The number of likely N-dealkylation sites (tertiary alicyclic amines) is 1. The second kappa shape index (κ2) is 6.23. The van der Waals surface area contributed by atoms with Gasteiger partial charge >= 0.3 is 0 Å². The molecule has 2 heterocycles. The van der Waals surface area contributed by atoms with E-state index in [1.807, 2.05) is 47.6 Å². The van der Waals surface area contributed by atoms with Gasteiger partial charge in [0.05, 0.1) is 25.8 Å². The summed E-state index contributed by atoms with van der Waals surface area (Å²) in [5, 5.41) is 0. The molecule has 0 atom stereocenters. The quantitative estimate of drug-likeness (QED) is 0.866. The molecule has 1 aromatic carbocycles. The summed E-state index contributed by atoms with van der Waals surface area (Å²) in [4.78, 5) is 14.3. The summed E-state index contributed by atoms with van der Waals surface area (Å²) >= 11 is 0. The highest BCUT2D eigenvalue weighted by atomic mass is 16.5. The fraction of sp³-hybridized carbons (Fsp3) is 0.421. The van der Waals surface area contributed by atoms with E-state index in [1.54, 1.807) is 7.11 Å². The van der Waals surface area contributed by atoms with E-state index in [1.165, 1.54) is 0 Å². The molecule has 1 saturated heterocycles. The minimum Gasteiger partial charge on any atom is -0.497 e. The number of rotatable bonds is 4. The molecule has 0 aliphatic carbocycles. The van der Waals surface area contributed by atoms with Gasteiger partial charge in [-0.1, -0.05) is 6.07 Å². The molecule has 1 amide bonds. The number of nitrogens with zero attached hydrogens (tertiary/aromatic N) is 2. The third kappa shape index (κ3) is 3.40. The maximum atomic E-state index is 12.5. The molecular weight excluding hydrogens is 304 g/mol. The normalized spacial score (nSPS) is 15.1. The van der Waals surface area contributed by atoms with Gasteiger partial charge in [-0.25, -0.2) is 0 Å². The number of aromatic nitrogens is 1. The second-order valence-electron chi connectivity index (χ2n) is 7.11. The molecule has 0 saturated carbocycles. The highest BCUT2D eigenvalue weighted by Gasteiger charge is 2.33. The SMILES string of the molecule is COc1cccc(OC2CN(C(=O)c3ccn(C(C)(C)C)c3)C2)c1. The summed E-state index contributed by atoms with van der Waals surface area (Å²) < 4.78 is 13.1. The van der Waals surface area contributed by atoms with Gasteiger partial charge in [-0.05, 0) is 39.0 Å². The first kappa shape index (κ1) is 16.4. The molecule has 3 rings (SSSR count). The summed E-state index contributed by atoms with van der Waals surface area (Å²) in [6.07, 6.45) is 3.90. The van der Waals surface area contributed by atoms with Crippen molar-refractivity contribution in [1.29, 1.82) is 0 Å². The lowest BCUT2D eigenvalue weighted by Crippen LogP contribution is -2.56. The zero-order valence-corrected chi connectivity index (χ0v) is 14.7. The van der Waals surface area contributed by atoms with Crippen LogP contribution in [0.4, 0.5) is 0 Å². The Bertz CT molecular complexity index is 724. The first-order valence-corrected chi connectivity index (χ1v) is 8.15. The zero-order valence-electron chi connectivity index (χ0n) is 14.7. The summed E-state index contributed by atoms with van der Waals surface area (Å²) in [7, 11) is 1.63. The number of hydrogen-bond donors (Lipinski definition) is 0. The van der Waals surface area contributed by atoms with Gasteiger partial charge in [0.25, 0.3) is 5.91 Å². The van der Waals surface area contributed by atoms with Crippen LogP contribution in [0.15, 0.2) is 42.7 Å². The number of benzene rings is 1. The van der Waals surface area contributed by atoms with Gasteiger partial charge in [-0.3, -0.25) is 4.79 Å².